The molecule has 0 aliphatic carbocycles. The van der Waals surface area contributed by atoms with Gasteiger partial charge in [0.25, 0.3) is 5.88 Å². The molecule has 0 fully saturated rings. The second kappa shape index (κ2) is 6.49. The molecule has 0 spiro atoms. The number of rotatable bonds is 5. The average Bonchev–Trinajstić information content (AvgIpc) is 2.49. The molecule has 2 rings (SSSR count). The van der Waals surface area contributed by atoms with Crippen LogP contribution in [0.2, 0.25) is 5.02 Å². The van der Waals surface area contributed by atoms with Gasteiger partial charge in [-0.1, -0.05) is 11.6 Å². The molecule has 2 aromatic rings. The van der Waals surface area contributed by atoms with Gasteiger partial charge >= 0.3 is 0 Å². The highest BCUT2D eigenvalue weighted by Crippen LogP contribution is 2.41. The molecular formula is C14H13ClFNO4. The van der Waals surface area contributed by atoms with Gasteiger partial charge in [-0.2, -0.15) is 0 Å². The van der Waals surface area contributed by atoms with Gasteiger partial charge in [0.1, 0.15) is 5.75 Å². The number of pyridine rings is 1. The maximum atomic E-state index is 13.7. The lowest BCUT2D eigenvalue weighted by molar-refractivity contribution is 0.320. The molecule has 112 valence electrons. The summed E-state index contributed by atoms with van der Waals surface area (Å²) >= 11 is 5.64. The third-order valence-electron chi connectivity index (χ3n) is 2.63. The summed E-state index contributed by atoms with van der Waals surface area (Å²) in [6.45, 7) is 0. The first kappa shape index (κ1) is 15.2. The number of nitrogens with zero attached hydrogens (tertiary/aromatic N) is 1. The molecular weight excluding hydrogens is 301 g/mol. The first-order valence-corrected chi connectivity index (χ1v) is 6.25. The lowest BCUT2D eigenvalue weighted by Crippen LogP contribution is -1.97. The highest BCUT2D eigenvalue weighted by atomic mass is 35.5. The highest BCUT2D eigenvalue weighted by molar-refractivity contribution is 6.30. The lowest BCUT2D eigenvalue weighted by Gasteiger charge is -2.14. The SMILES string of the molecule is COc1cc(Oc2ncc(Cl)cc2F)cc(OC)c1OC. The van der Waals surface area contributed by atoms with Crippen molar-refractivity contribution in [2.24, 2.45) is 0 Å². The van der Waals surface area contributed by atoms with Crippen molar-refractivity contribution in [3.05, 3.63) is 35.2 Å². The number of hydrogen-bond donors (Lipinski definition) is 0. The molecule has 1 aromatic carbocycles. The predicted octanol–water partition coefficient (Wildman–Crippen LogP) is 3.69. The number of aromatic nitrogens is 1. The van der Waals surface area contributed by atoms with E-state index in [1.165, 1.54) is 39.7 Å². The van der Waals surface area contributed by atoms with E-state index in [0.717, 1.165) is 6.07 Å². The van der Waals surface area contributed by atoms with Crippen molar-refractivity contribution >= 4 is 11.6 Å². The number of ether oxygens (including phenoxy) is 4. The molecule has 0 aliphatic rings. The first-order valence-electron chi connectivity index (χ1n) is 5.88. The smallest absolute Gasteiger partial charge is 0.255 e. The molecule has 21 heavy (non-hydrogen) atoms. The third kappa shape index (κ3) is 3.28. The van der Waals surface area contributed by atoms with Crippen LogP contribution in [0.15, 0.2) is 24.4 Å². The van der Waals surface area contributed by atoms with Crippen LogP contribution in [0.25, 0.3) is 0 Å². The molecule has 7 heteroatoms. The zero-order valence-corrected chi connectivity index (χ0v) is 12.4. The molecule has 5 nitrogen and oxygen atoms in total. The fourth-order valence-corrected chi connectivity index (χ4v) is 1.85. The Hall–Kier alpha value is -2.21. The molecule has 0 amide bonds. The minimum Gasteiger partial charge on any atom is -0.493 e. The van der Waals surface area contributed by atoms with Gasteiger partial charge in [-0.15, -0.1) is 0 Å². The number of benzene rings is 1. The van der Waals surface area contributed by atoms with Gasteiger partial charge < -0.3 is 18.9 Å². The van der Waals surface area contributed by atoms with Crippen molar-refractivity contribution in [2.75, 3.05) is 21.3 Å². The normalized spacial score (nSPS) is 10.1. The number of halogens is 2. The zero-order chi connectivity index (χ0) is 15.4. The topological polar surface area (TPSA) is 49.8 Å². The van der Waals surface area contributed by atoms with Crippen LogP contribution in [0.1, 0.15) is 0 Å². The number of hydrogen-bond acceptors (Lipinski definition) is 5. The standard InChI is InChI=1S/C14H13ClFNO4/c1-18-11-5-9(6-12(19-2)13(11)20-3)21-14-10(16)4-8(15)7-17-14/h4-7H,1-3H3. The zero-order valence-electron chi connectivity index (χ0n) is 11.6. The molecule has 0 atom stereocenters. The van der Waals surface area contributed by atoms with Gasteiger partial charge in [0.05, 0.1) is 26.4 Å². The van der Waals surface area contributed by atoms with Crippen LogP contribution in [-0.2, 0) is 0 Å². The van der Waals surface area contributed by atoms with Crippen molar-refractivity contribution in [1.29, 1.82) is 0 Å². The summed E-state index contributed by atoms with van der Waals surface area (Å²) in [5, 5.41) is 0.185. The Kier molecular flexibility index (Phi) is 4.70. The van der Waals surface area contributed by atoms with Crippen molar-refractivity contribution in [3.63, 3.8) is 0 Å². The fourth-order valence-electron chi connectivity index (χ4n) is 1.70. The van der Waals surface area contributed by atoms with Gasteiger partial charge in [-0.25, -0.2) is 9.37 Å². The molecule has 1 heterocycles. The van der Waals surface area contributed by atoms with E-state index in [0.29, 0.717) is 23.0 Å². The fraction of sp³-hybridized carbons (Fsp3) is 0.214. The Bertz CT molecular complexity index is 626. The van der Waals surface area contributed by atoms with Gasteiger partial charge in [0.15, 0.2) is 17.3 Å². The molecule has 0 radical (unpaired) electrons. The maximum Gasteiger partial charge on any atom is 0.255 e. The summed E-state index contributed by atoms with van der Waals surface area (Å²) in [6.07, 6.45) is 1.29. The maximum absolute atomic E-state index is 13.7. The quantitative estimate of drug-likeness (QED) is 0.842. The van der Waals surface area contributed by atoms with Crippen LogP contribution >= 0.6 is 11.6 Å². The van der Waals surface area contributed by atoms with Crippen LogP contribution in [0.5, 0.6) is 28.9 Å². The summed E-state index contributed by atoms with van der Waals surface area (Å²) in [5.41, 5.74) is 0. The number of methoxy groups -OCH3 is 3. The van der Waals surface area contributed by atoms with Gasteiger partial charge in [-0.05, 0) is 6.07 Å². The molecule has 1 aromatic heterocycles. The van der Waals surface area contributed by atoms with E-state index in [1.54, 1.807) is 0 Å². The first-order chi connectivity index (χ1) is 10.1. The Balaban J connectivity index is 2.40. The second-order valence-electron chi connectivity index (χ2n) is 3.90. The molecule has 0 saturated heterocycles. The molecule has 0 unspecified atom stereocenters. The minimum absolute atomic E-state index is 0.185. The van der Waals surface area contributed by atoms with E-state index in [-0.39, 0.29) is 10.9 Å². The second-order valence-corrected chi connectivity index (χ2v) is 4.34. The van der Waals surface area contributed by atoms with Crippen LogP contribution in [0.4, 0.5) is 4.39 Å². The van der Waals surface area contributed by atoms with Crippen molar-refractivity contribution in [2.45, 2.75) is 0 Å². The van der Waals surface area contributed by atoms with E-state index in [1.807, 2.05) is 0 Å². The Morgan fingerprint density at radius 2 is 1.62 bits per heavy atom. The van der Waals surface area contributed by atoms with Crippen LogP contribution in [-0.4, -0.2) is 26.3 Å². The van der Waals surface area contributed by atoms with Crippen molar-refractivity contribution in [3.8, 4) is 28.9 Å². The van der Waals surface area contributed by atoms with Crippen LogP contribution in [0, 0.1) is 5.82 Å². The monoisotopic (exact) mass is 313 g/mol. The van der Waals surface area contributed by atoms with E-state index in [4.69, 9.17) is 30.5 Å². The summed E-state index contributed by atoms with van der Waals surface area (Å²) in [4.78, 5) is 3.78. The molecule has 0 aliphatic heterocycles. The highest BCUT2D eigenvalue weighted by Gasteiger charge is 2.16. The van der Waals surface area contributed by atoms with Crippen LogP contribution in [0.3, 0.4) is 0 Å². The summed E-state index contributed by atoms with van der Waals surface area (Å²) in [7, 11) is 4.44. The van der Waals surface area contributed by atoms with E-state index < -0.39 is 5.82 Å². The molecule has 0 N–H and O–H groups in total. The van der Waals surface area contributed by atoms with E-state index in [9.17, 15) is 4.39 Å². The van der Waals surface area contributed by atoms with Gasteiger partial charge in [0, 0.05) is 18.3 Å². The van der Waals surface area contributed by atoms with Crippen molar-refractivity contribution < 1.29 is 23.3 Å². The van der Waals surface area contributed by atoms with Gasteiger partial charge in [-0.3, -0.25) is 0 Å². The molecule has 0 saturated carbocycles. The Labute approximate surface area is 126 Å². The Morgan fingerprint density at radius 1 is 1.00 bits per heavy atom. The summed E-state index contributed by atoms with van der Waals surface area (Å²) < 4.78 is 34.6. The third-order valence-corrected chi connectivity index (χ3v) is 2.83. The Morgan fingerprint density at radius 3 is 2.10 bits per heavy atom. The average molecular weight is 314 g/mol. The van der Waals surface area contributed by atoms with Crippen LogP contribution < -0.4 is 18.9 Å². The molecule has 0 bridgehead atoms. The lowest BCUT2D eigenvalue weighted by atomic mass is 10.2. The van der Waals surface area contributed by atoms with E-state index >= 15 is 0 Å². The largest absolute Gasteiger partial charge is 0.493 e. The van der Waals surface area contributed by atoms with Crippen molar-refractivity contribution in [1.82, 2.24) is 4.98 Å². The minimum atomic E-state index is -0.670. The van der Waals surface area contributed by atoms with Gasteiger partial charge in [0.2, 0.25) is 5.75 Å². The summed E-state index contributed by atoms with van der Waals surface area (Å²) in [5.74, 6) is 0.613. The van der Waals surface area contributed by atoms with E-state index in [2.05, 4.69) is 4.98 Å². The predicted molar refractivity (Wildman–Crippen MR) is 75.4 cm³/mol. The summed E-state index contributed by atoms with van der Waals surface area (Å²) in [6, 6.07) is 4.19.